The van der Waals surface area contributed by atoms with E-state index in [1.807, 2.05) is 0 Å². The van der Waals surface area contributed by atoms with Crippen LogP contribution in [-0.2, 0) is 0 Å². The molecule has 1 rings (SSSR count). The van der Waals surface area contributed by atoms with E-state index in [-0.39, 0.29) is 5.32 Å². The van der Waals surface area contributed by atoms with E-state index in [1.54, 1.807) is 0 Å². The summed E-state index contributed by atoms with van der Waals surface area (Å²) < 4.78 is 137. The molecule has 0 fully saturated rings. The molecule has 0 amide bonds. The molecule has 0 aliphatic rings. The van der Waals surface area contributed by atoms with Gasteiger partial charge in [0.1, 0.15) is 0 Å². The van der Waals surface area contributed by atoms with E-state index in [1.165, 1.54) is 0 Å². The smallest absolute Gasteiger partial charge is 0.319 e. The molecule has 12 heteroatoms. The van der Waals surface area contributed by atoms with E-state index in [0.717, 1.165) is 0 Å². The molecule has 0 saturated carbocycles. The average Bonchev–Trinajstić information content (AvgIpc) is 2.31. The summed E-state index contributed by atoms with van der Waals surface area (Å²) in [5.41, 5.74) is -2.11. The summed E-state index contributed by atoms with van der Waals surface area (Å²) in [5.74, 6) is -16.7. The lowest BCUT2D eigenvalue weighted by molar-refractivity contribution is -0.346. The van der Waals surface area contributed by atoms with E-state index in [2.05, 4.69) is 0 Å². The summed E-state index contributed by atoms with van der Waals surface area (Å²) in [5, 5.41) is 0.0172. The zero-order valence-corrected chi connectivity index (χ0v) is 9.23. The lowest BCUT2D eigenvalue weighted by atomic mass is 10.2. The molecular formula is C9H2F11N. The Kier molecular flexibility index (Phi) is 4.05. The lowest BCUT2D eigenvalue weighted by Crippen LogP contribution is -2.56. The van der Waals surface area contributed by atoms with Crippen LogP contribution in [0.5, 0.6) is 0 Å². The molecular weight excluding hydrogens is 331 g/mol. The predicted molar refractivity (Wildman–Crippen MR) is 45.8 cm³/mol. The van der Waals surface area contributed by atoms with Gasteiger partial charge in [-0.15, -0.1) is 0 Å². The van der Waals surface area contributed by atoms with E-state index in [0.29, 0.717) is 0 Å². The first kappa shape index (κ1) is 17.3. The maximum absolute atomic E-state index is 13.0. The third-order valence-corrected chi connectivity index (χ3v) is 2.14. The van der Waals surface area contributed by atoms with Gasteiger partial charge >= 0.3 is 18.1 Å². The van der Waals surface area contributed by atoms with Crippen molar-refractivity contribution in [2.45, 2.75) is 18.1 Å². The van der Waals surface area contributed by atoms with Gasteiger partial charge in [-0.2, -0.15) is 30.7 Å². The van der Waals surface area contributed by atoms with Crippen LogP contribution in [-0.4, -0.2) is 18.1 Å². The number of benzene rings is 1. The molecule has 0 atom stereocenters. The number of hydrogen-bond acceptors (Lipinski definition) is 1. The fourth-order valence-electron chi connectivity index (χ4n) is 1.09. The second-order valence-corrected chi connectivity index (χ2v) is 3.62. The number of rotatable bonds is 3. The molecule has 0 aliphatic heterocycles. The van der Waals surface area contributed by atoms with E-state index in [4.69, 9.17) is 0 Å². The lowest BCUT2D eigenvalue weighted by Gasteiger charge is -2.29. The summed E-state index contributed by atoms with van der Waals surface area (Å²) in [7, 11) is 0. The highest BCUT2D eigenvalue weighted by Crippen LogP contribution is 2.46. The molecule has 0 bridgehead atoms. The monoisotopic (exact) mass is 333 g/mol. The summed E-state index contributed by atoms with van der Waals surface area (Å²) >= 11 is 0. The van der Waals surface area contributed by atoms with Gasteiger partial charge in [0, 0.05) is 6.07 Å². The van der Waals surface area contributed by atoms with Crippen LogP contribution in [0, 0.1) is 23.3 Å². The van der Waals surface area contributed by atoms with Crippen LogP contribution in [0.1, 0.15) is 0 Å². The standard InChI is InChI=1S/C9H2F11N/c10-2-1-3(5(12)6(13)4(2)11)21-9(19,20)7(14,15)8(16,17)18/h1,21H. The van der Waals surface area contributed by atoms with Crippen molar-refractivity contribution in [2.24, 2.45) is 0 Å². The molecule has 21 heavy (non-hydrogen) atoms. The number of nitrogens with one attached hydrogen (secondary N) is 1. The van der Waals surface area contributed by atoms with Gasteiger partial charge in [-0.05, 0) is 0 Å². The van der Waals surface area contributed by atoms with Crippen LogP contribution in [0.2, 0.25) is 0 Å². The van der Waals surface area contributed by atoms with Gasteiger partial charge in [0.25, 0.3) is 0 Å². The molecule has 0 saturated heterocycles. The minimum absolute atomic E-state index is 0.0172. The molecule has 120 valence electrons. The molecule has 1 nitrogen and oxygen atoms in total. The van der Waals surface area contributed by atoms with Crippen molar-refractivity contribution in [3.05, 3.63) is 29.3 Å². The SMILES string of the molecule is Fc1cc(NC(F)(F)C(F)(F)C(F)(F)F)c(F)c(F)c1F. The van der Waals surface area contributed by atoms with E-state index < -0.39 is 53.2 Å². The quantitative estimate of drug-likeness (QED) is 0.373. The van der Waals surface area contributed by atoms with Crippen LogP contribution in [0.25, 0.3) is 0 Å². The normalized spacial score (nSPS) is 13.5. The van der Waals surface area contributed by atoms with Gasteiger partial charge in [-0.1, -0.05) is 0 Å². The maximum atomic E-state index is 13.0. The highest BCUT2D eigenvalue weighted by molar-refractivity contribution is 5.47. The first-order valence-electron chi connectivity index (χ1n) is 4.66. The van der Waals surface area contributed by atoms with Crippen molar-refractivity contribution >= 4 is 5.69 Å². The first-order chi connectivity index (χ1) is 9.22. The molecule has 0 aliphatic carbocycles. The van der Waals surface area contributed by atoms with E-state index >= 15 is 0 Å². The molecule has 0 unspecified atom stereocenters. The van der Waals surface area contributed by atoms with Crippen molar-refractivity contribution < 1.29 is 48.3 Å². The molecule has 0 aromatic heterocycles. The number of anilines is 1. The minimum Gasteiger partial charge on any atom is -0.319 e. The second-order valence-electron chi connectivity index (χ2n) is 3.62. The summed E-state index contributed by atoms with van der Waals surface area (Å²) in [6, 6.07) is -6.68. The zero-order chi connectivity index (χ0) is 16.8. The number of alkyl halides is 7. The maximum Gasteiger partial charge on any atom is 0.462 e. The first-order valence-corrected chi connectivity index (χ1v) is 4.66. The van der Waals surface area contributed by atoms with Crippen LogP contribution in [0.3, 0.4) is 0 Å². The van der Waals surface area contributed by atoms with Crippen LogP contribution < -0.4 is 5.32 Å². The van der Waals surface area contributed by atoms with Gasteiger partial charge in [-0.25, -0.2) is 17.6 Å². The molecule has 0 heterocycles. The molecule has 0 radical (unpaired) electrons. The Hall–Kier alpha value is -1.75. The third kappa shape index (κ3) is 2.83. The van der Waals surface area contributed by atoms with Crippen molar-refractivity contribution in [2.75, 3.05) is 5.32 Å². The molecule has 1 aromatic rings. The Morgan fingerprint density at radius 3 is 1.62 bits per heavy atom. The molecule has 1 aromatic carbocycles. The van der Waals surface area contributed by atoms with Crippen LogP contribution >= 0.6 is 0 Å². The summed E-state index contributed by atoms with van der Waals surface area (Å²) in [4.78, 5) is 0. The topological polar surface area (TPSA) is 12.0 Å². The largest absolute Gasteiger partial charge is 0.462 e. The zero-order valence-electron chi connectivity index (χ0n) is 9.23. The Morgan fingerprint density at radius 1 is 0.714 bits per heavy atom. The van der Waals surface area contributed by atoms with Crippen LogP contribution in [0.4, 0.5) is 54.0 Å². The van der Waals surface area contributed by atoms with Crippen molar-refractivity contribution in [1.82, 2.24) is 0 Å². The van der Waals surface area contributed by atoms with Gasteiger partial charge in [0.2, 0.25) is 0 Å². The highest BCUT2D eigenvalue weighted by Gasteiger charge is 2.73. The summed E-state index contributed by atoms with van der Waals surface area (Å²) in [6.45, 7) is 0. The molecule has 0 spiro atoms. The highest BCUT2D eigenvalue weighted by atomic mass is 19.4. The molecule has 1 N–H and O–H groups in total. The fourth-order valence-corrected chi connectivity index (χ4v) is 1.09. The van der Waals surface area contributed by atoms with E-state index in [9.17, 15) is 48.3 Å². The minimum atomic E-state index is -6.74. The number of hydrogen-bond donors (Lipinski definition) is 1. The Labute approximate surface area is 108 Å². The second kappa shape index (κ2) is 4.91. The van der Waals surface area contributed by atoms with Gasteiger partial charge in [0.15, 0.2) is 23.3 Å². The van der Waals surface area contributed by atoms with Crippen molar-refractivity contribution in [3.8, 4) is 0 Å². The average molecular weight is 333 g/mol. The third-order valence-electron chi connectivity index (χ3n) is 2.14. The Morgan fingerprint density at radius 2 is 1.19 bits per heavy atom. The fraction of sp³-hybridized carbons (Fsp3) is 0.333. The van der Waals surface area contributed by atoms with Crippen molar-refractivity contribution in [3.63, 3.8) is 0 Å². The van der Waals surface area contributed by atoms with Gasteiger partial charge in [0.05, 0.1) is 5.69 Å². The van der Waals surface area contributed by atoms with Crippen molar-refractivity contribution in [1.29, 1.82) is 0 Å². The Bertz CT molecular complexity index is 548. The van der Waals surface area contributed by atoms with Crippen LogP contribution in [0.15, 0.2) is 6.07 Å². The van der Waals surface area contributed by atoms with Gasteiger partial charge < -0.3 is 5.32 Å². The summed E-state index contributed by atoms with van der Waals surface area (Å²) in [6.07, 6.45) is -6.74. The Balaban J connectivity index is 3.29. The predicted octanol–water partition coefficient (Wildman–Crippen LogP) is 4.45. The number of halogens is 11. The van der Waals surface area contributed by atoms with Gasteiger partial charge in [-0.3, -0.25) is 0 Å².